The molecule has 3 rings (SSSR count). The van der Waals surface area contributed by atoms with E-state index in [0.717, 1.165) is 37.1 Å². The van der Waals surface area contributed by atoms with Gasteiger partial charge in [-0.15, -0.1) is 0 Å². The zero-order chi connectivity index (χ0) is 16.4. The van der Waals surface area contributed by atoms with E-state index in [9.17, 15) is 9.59 Å². The molecule has 0 bridgehead atoms. The van der Waals surface area contributed by atoms with Crippen molar-refractivity contribution in [2.45, 2.75) is 44.6 Å². The van der Waals surface area contributed by atoms with Gasteiger partial charge in [0.1, 0.15) is 11.5 Å². The van der Waals surface area contributed by atoms with E-state index in [1.54, 1.807) is 13.2 Å². The van der Waals surface area contributed by atoms with Crippen LogP contribution in [0.2, 0.25) is 5.02 Å². The van der Waals surface area contributed by atoms with Crippen LogP contribution in [0, 0.1) is 5.92 Å². The van der Waals surface area contributed by atoms with Crippen molar-refractivity contribution >= 4 is 23.3 Å². The van der Waals surface area contributed by atoms with E-state index >= 15 is 0 Å². The first-order valence-corrected chi connectivity index (χ1v) is 8.61. The Labute approximate surface area is 141 Å². The normalized spacial score (nSPS) is 22.7. The third-order valence-electron chi connectivity index (χ3n) is 5.03. The lowest BCUT2D eigenvalue weighted by Gasteiger charge is -2.30. The Bertz CT molecular complexity index is 606. The average molecular weight is 336 g/mol. The fourth-order valence-electron chi connectivity index (χ4n) is 3.64. The van der Waals surface area contributed by atoms with E-state index in [2.05, 4.69) is 0 Å². The number of ketones is 1. The number of nitrogens with zero attached hydrogens (tertiary/aromatic N) is 1. The number of rotatable bonds is 4. The van der Waals surface area contributed by atoms with Crippen molar-refractivity contribution in [2.75, 3.05) is 13.7 Å². The minimum absolute atomic E-state index is 0.00137. The smallest absolute Gasteiger partial charge is 0.226 e. The van der Waals surface area contributed by atoms with E-state index in [1.807, 2.05) is 17.0 Å². The molecule has 1 aromatic carbocycles. The summed E-state index contributed by atoms with van der Waals surface area (Å²) in [4.78, 5) is 26.1. The number of ether oxygens (including phenoxy) is 1. The second kappa shape index (κ2) is 6.91. The maximum Gasteiger partial charge on any atom is 0.226 e. The summed E-state index contributed by atoms with van der Waals surface area (Å²) in [5.41, 5.74) is 0.992. The Morgan fingerprint density at radius 2 is 1.96 bits per heavy atom. The van der Waals surface area contributed by atoms with Gasteiger partial charge in [-0.3, -0.25) is 9.59 Å². The lowest BCUT2D eigenvalue weighted by atomic mass is 9.93. The first-order valence-electron chi connectivity index (χ1n) is 8.23. The maximum atomic E-state index is 12.7. The molecule has 1 saturated carbocycles. The van der Waals surface area contributed by atoms with Gasteiger partial charge < -0.3 is 9.64 Å². The largest absolute Gasteiger partial charge is 0.497 e. The molecule has 0 N–H and O–H groups in total. The monoisotopic (exact) mass is 335 g/mol. The van der Waals surface area contributed by atoms with Crippen LogP contribution in [-0.2, 0) is 16.0 Å². The number of hydrogen-bond acceptors (Lipinski definition) is 3. The highest BCUT2D eigenvalue weighted by molar-refractivity contribution is 6.31. The molecular formula is C18H22ClNO3. The van der Waals surface area contributed by atoms with E-state index in [0.29, 0.717) is 30.1 Å². The molecule has 1 amide bonds. The van der Waals surface area contributed by atoms with E-state index in [1.165, 1.54) is 0 Å². The molecule has 1 atom stereocenters. The number of likely N-dealkylation sites (tertiary alicyclic amines) is 1. The molecule has 0 aromatic heterocycles. The lowest BCUT2D eigenvalue weighted by molar-refractivity contribution is -0.135. The van der Waals surface area contributed by atoms with Gasteiger partial charge >= 0.3 is 0 Å². The number of carbonyl (C=O) groups excluding carboxylic acids is 2. The van der Waals surface area contributed by atoms with Crippen molar-refractivity contribution in [2.24, 2.45) is 5.92 Å². The second-order valence-corrected chi connectivity index (χ2v) is 6.86. The van der Waals surface area contributed by atoms with Gasteiger partial charge in [0.25, 0.3) is 0 Å². The molecule has 1 saturated heterocycles. The van der Waals surface area contributed by atoms with Gasteiger partial charge in [0, 0.05) is 36.4 Å². The van der Waals surface area contributed by atoms with Crippen molar-refractivity contribution in [1.29, 1.82) is 0 Å². The maximum absolute atomic E-state index is 12.7. The van der Waals surface area contributed by atoms with E-state index < -0.39 is 0 Å². The second-order valence-electron chi connectivity index (χ2n) is 6.45. The minimum Gasteiger partial charge on any atom is -0.497 e. The number of Topliss-reactive ketones (excluding diaryl/α,β-unsaturated/α-hetero) is 1. The fourth-order valence-corrected chi connectivity index (χ4v) is 3.88. The lowest BCUT2D eigenvalue weighted by Crippen LogP contribution is -2.40. The molecule has 2 aliphatic rings. The molecule has 1 aromatic rings. The molecule has 0 radical (unpaired) electrons. The molecule has 0 spiro atoms. The Kier molecular flexibility index (Phi) is 4.90. The van der Waals surface area contributed by atoms with Crippen LogP contribution in [0.1, 0.15) is 37.7 Å². The number of hydrogen-bond donors (Lipinski definition) is 0. The molecule has 1 heterocycles. The Balaban J connectivity index is 1.64. The van der Waals surface area contributed by atoms with Crippen LogP contribution in [0.25, 0.3) is 0 Å². The van der Waals surface area contributed by atoms with Crippen LogP contribution in [0.4, 0.5) is 0 Å². The predicted molar refractivity (Wildman–Crippen MR) is 88.8 cm³/mol. The molecule has 1 aliphatic carbocycles. The van der Waals surface area contributed by atoms with Gasteiger partial charge in [-0.05, 0) is 43.4 Å². The van der Waals surface area contributed by atoms with Crippen LogP contribution in [0.5, 0.6) is 5.75 Å². The van der Waals surface area contributed by atoms with Crippen molar-refractivity contribution in [1.82, 2.24) is 4.90 Å². The zero-order valence-electron chi connectivity index (χ0n) is 13.4. The third kappa shape index (κ3) is 3.52. The Morgan fingerprint density at radius 1 is 1.22 bits per heavy atom. The van der Waals surface area contributed by atoms with Gasteiger partial charge in [-0.1, -0.05) is 17.7 Å². The number of methoxy groups -OCH3 is 1. The summed E-state index contributed by atoms with van der Waals surface area (Å²) < 4.78 is 5.16. The highest BCUT2D eigenvalue weighted by Crippen LogP contribution is 2.31. The molecule has 2 fully saturated rings. The average Bonchev–Trinajstić information content (AvgIpc) is 2.91. The van der Waals surface area contributed by atoms with Gasteiger partial charge in [-0.25, -0.2) is 0 Å². The summed E-state index contributed by atoms with van der Waals surface area (Å²) in [6, 6.07) is 5.86. The summed E-state index contributed by atoms with van der Waals surface area (Å²) in [5, 5.41) is 0.652. The fraction of sp³-hybridized carbons (Fsp3) is 0.556. The van der Waals surface area contributed by atoms with Crippen LogP contribution >= 0.6 is 11.6 Å². The molecular weight excluding hydrogens is 314 g/mol. The predicted octanol–water partition coefficient (Wildman–Crippen LogP) is 3.25. The topological polar surface area (TPSA) is 46.6 Å². The highest BCUT2D eigenvalue weighted by Gasteiger charge is 2.37. The number of halogens is 1. The summed E-state index contributed by atoms with van der Waals surface area (Å²) in [6.07, 6.45) is 4.41. The summed E-state index contributed by atoms with van der Waals surface area (Å²) in [5.74, 6) is 1.27. The summed E-state index contributed by atoms with van der Waals surface area (Å²) in [6.45, 7) is 0.802. The zero-order valence-corrected chi connectivity index (χ0v) is 14.1. The van der Waals surface area contributed by atoms with Gasteiger partial charge in [0.2, 0.25) is 5.91 Å². The highest BCUT2D eigenvalue weighted by atomic mass is 35.5. The molecule has 5 heteroatoms. The van der Waals surface area contributed by atoms with Crippen molar-refractivity contribution in [3.63, 3.8) is 0 Å². The molecule has 124 valence electrons. The first-order chi connectivity index (χ1) is 11.1. The standard InChI is InChI=1S/C18H22ClNO3/c1-23-16-7-2-12(17(19)11-16)10-13-8-9-20(18(13)22)14-3-5-15(21)6-4-14/h2,7,11,13-14H,3-6,8-10H2,1H3. The Hall–Kier alpha value is -1.55. The third-order valence-corrected chi connectivity index (χ3v) is 5.38. The molecule has 1 unspecified atom stereocenters. The summed E-state index contributed by atoms with van der Waals surface area (Å²) in [7, 11) is 1.61. The number of benzene rings is 1. The molecule has 1 aliphatic heterocycles. The van der Waals surface area contributed by atoms with Crippen molar-refractivity contribution in [3.8, 4) is 5.75 Å². The molecule has 23 heavy (non-hydrogen) atoms. The van der Waals surface area contributed by atoms with Crippen LogP contribution in [-0.4, -0.2) is 36.3 Å². The SMILES string of the molecule is COc1ccc(CC2CCN(C3CCC(=O)CC3)C2=O)c(Cl)c1. The van der Waals surface area contributed by atoms with E-state index in [4.69, 9.17) is 16.3 Å². The number of carbonyl (C=O) groups is 2. The van der Waals surface area contributed by atoms with Crippen molar-refractivity contribution < 1.29 is 14.3 Å². The quantitative estimate of drug-likeness (QED) is 0.848. The van der Waals surface area contributed by atoms with Crippen molar-refractivity contribution in [3.05, 3.63) is 28.8 Å². The van der Waals surface area contributed by atoms with Crippen LogP contribution < -0.4 is 4.74 Å². The summed E-state index contributed by atoms with van der Waals surface area (Å²) >= 11 is 6.29. The Morgan fingerprint density at radius 3 is 2.61 bits per heavy atom. The van der Waals surface area contributed by atoms with Crippen LogP contribution in [0.3, 0.4) is 0 Å². The van der Waals surface area contributed by atoms with E-state index in [-0.39, 0.29) is 17.9 Å². The molecule has 4 nitrogen and oxygen atoms in total. The van der Waals surface area contributed by atoms with Gasteiger partial charge in [0.05, 0.1) is 7.11 Å². The van der Waals surface area contributed by atoms with Gasteiger partial charge in [-0.2, -0.15) is 0 Å². The van der Waals surface area contributed by atoms with Gasteiger partial charge in [0.15, 0.2) is 0 Å². The first kappa shape index (κ1) is 16.3. The van der Waals surface area contributed by atoms with Crippen LogP contribution in [0.15, 0.2) is 18.2 Å². The number of amides is 1. The minimum atomic E-state index is -0.00137.